The van der Waals surface area contributed by atoms with Crippen molar-refractivity contribution in [1.29, 1.82) is 0 Å². The number of nitrogens with zero attached hydrogens (tertiary/aromatic N) is 3. The first-order valence-corrected chi connectivity index (χ1v) is 9.80. The Morgan fingerprint density at radius 2 is 1.75 bits per heavy atom. The summed E-state index contributed by atoms with van der Waals surface area (Å²) < 4.78 is 45.7. The summed E-state index contributed by atoms with van der Waals surface area (Å²) in [6.45, 7) is 5.02. The van der Waals surface area contributed by atoms with Crippen molar-refractivity contribution < 1.29 is 17.7 Å². The number of hydrogen-bond acceptors (Lipinski definition) is 0. The molecule has 0 aliphatic rings. The standard InChI is InChI=1S/C22H26F3N3/c1-3-5-7-18-8-10-27(16-18)20-13-19(22(23,24)25)14-21(15-20)28-12-11-26(17-28)9-6-4-2/h8,10-16H,3-7,9H2,1-2H3. The lowest BCUT2D eigenvalue weighted by Crippen LogP contribution is -2.31. The van der Waals surface area contributed by atoms with Crippen molar-refractivity contribution in [2.75, 3.05) is 0 Å². The fourth-order valence-electron chi connectivity index (χ4n) is 3.13. The summed E-state index contributed by atoms with van der Waals surface area (Å²) >= 11 is 0. The van der Waals surface area contributed by atoms with Gasteiger partial charge in [0.2, 0.25) is 6.33 Å². The Bertz CT molecular complexity index is 841. The van der Waals surface area contributed by atoms with Gasteiger partial charge in [0, 0.05) is 30.5 Å². The summed E-state index contributed by atoms with van der Waals surface area (Å²) in [4.78, 5) is 0. The van der Waals surface area contributed by atoms with Crippen LogP contribution in [0.2, 0.25) is 0 Å². The van der Waals surface area contributed by atoms with Crippen LogP contribution in [-0.4, -0.2) is 9.13 Å². The number of hydrogen-bond donors (Lipinski definition) is 0. The maximum Gasteiger partial charge on any atom is 0.415 e. The monoisotopic (exact) mass is 389 g/mol. The number of aromatic nitrogens is 3. The van der Waals surface area contributed by atoms with Gasteiger partial charge in [-0.3, -0.25) is 0 Å². The van der Waals surface area contributed by atoms with E-state index in [2.05, 4.69) is 20.2 Å². The smallest absolute Gasteiger partial charge is 0.326 e. The summed E-state index contributed by atoms with van der Waals surface area (Å²) in [6.07, 6.45) is 11.2. The van der Waals surface area contributed by atoms with Crippen molar-refractivity contribution in [3.05, 3.63) is 66.5 Å². The molecule has 3 aromatic rings. The Labute approximate surface area is 164 Å². The third-order valence-electron chi connectivity index (χ3n) is 4.76. The van der Waals surface area contributed by atoms with E-state index in [-0.39, 0.29) is 0 Å². The zero-order valence-electron chi connectivity index (χ0n) is 16.3. The maximum absolute atomic E-state index is 13.5. The van der Waals surface area contributed by atoms with E-state index in [1.54, 1.807) is 21.4 Å². The molecule has 0 atom stereocenters. The molecule has 0 saturated heterocycles. The van der Waals surface area contributed by atoms with Gasteiger partial charge in [0.15, 0.2) is 0 Å². The summed E-state index contributed by atoms with van der Waals surface area (Å²) in [5, 5.41) is 0. The fraction of sp³-hybridized carbons (Fsp3) is 0.409. The molecule has 3 rings (SSSR count). The zero-order valence-corrected chi connectivity index (χ0v) is 16.3. The molecule has 0 unspecified atom stereocenters. The maximum atomic E-state index is 13.5. The predicted octanol–water partition coefficient (Wildman–Crippen LogP) is 5.52. The van der Waals surface area contributed by atoms with Crippen LogP contribution in [0.15, 0.2) is 49.1 Å². The first-order valence-electron chi connectivity index (χ1n) is 9.80. The van der Waals surface area contributed by atoms with E-state index in [1.165, 1.54) is 12.1 Å². The number of aryl methyl sites for hydroxylation is 2. The number of benzene rings is 1. The molecule has 1 aromatic carbocycles. The van der Waals surface area contributed by atoms with E-state index >= 15 is 0 Å². The number of rotatable bonds is 8. The van der Waals surface area contributed by atoms with Crippen molar-refractivity contribution in [3.63, 3.8) is 0 Å². The second-order valence-electron chi connectivity index (χ2n) is 7.08. The minimum Gasteiger partial charge on any atom is -0.326 e. The average Bonchev–Trinajstić information content (AvgIpc) is 3.33. The van der Waals surface area contributed by atoms with Crippen molar-refractivity contribution in [2.45, 2.75) is 58.7 Å². The molecule has 150 valence electrons. The van der Waals surface area contributed by atoms with Gasteiger partial charge in [-0.2, -0.15) is 13.2 Å². The van der Waals surface area contributed by atoms with Crippen LogP contribution in [0.5, 0.6) is 0 Å². The Balaban J connectivity index is 1.98. The first kappa shape index (κ1) is 20.2. The van der Waals surface area contributed by atoms with Crippen LogP contribution >= 0.6 is 0 Å². The highest BCUT2D eigenvalue weighted by molar-refractivity contribution is 5.48. The van der Waals surface area contributed by atoms with Crippen LogP contribution in [0.4, 0.5) is 13.2 Å². The van der Waals surface area contributed by atoms with E-state index < -0.39 is 11.7 Å². The van der Waals surface area contributed by atoms with Gasteiger partial charge in [0.05, 0.1) is 17.8 Å². The Hall–Kier alpha value is -2.50. The van der Waals surface area contributed by atoms with Crippen LogP contribution in [0.3, 0.4) is 0 Å². The highest BCUT2D eigenvalue weighted by atomic mass is 19.4. The lowest BCUT2D eigenvalue weighted by atomic mass is 10.1. The minimum atomic E-state index is -4.41. The quantitative estimate of drug-likeness (QED) is 0.356. The van der Waals surface area contributed by atoms with E-state index in [9.17, 15) is 13.2 Å². The van der Waals surface area contributed by atoms with E-state index in [0.29, 0.717) is 11.4 Å². The van der Waals surface area contributed by atoms with Crippen LogP contribution < -0.4 is 4.57 Å². The molecule has 0 N–H and O–H groups in total. The second-order valence-corrected chi connectivity index (χ2v) is 7.08. The van der Waals surface area contributed by atoms with Crippen LogP contribution in [0.25, 0.3) is 11.4 Å². The van der Waals surface area contributed by atoms with Crippen LogP contribution in [0.1, 0.15) is 50.7 Å². The van der Waals surface area contributed by atoms with Gasteiger partial charge in [-0.25, -0.2) is 0 Å². The zero-order chi connectivity index (χ0) is 20.1. The van der Waals surface area contributed by atoms with E-state index in [1.807, 2.05) is 29.2 Å². The van der Waals surface area contributed by atoms with Gasteiger partial charge >= 0.3 is 6.18 Å². The molecule has 0 amide bonds. The summed E-state index contributed by atoms with van der Waals surface area (Å²) in [7, 11) is 0. The van der Waals surface area contributed by atoms with Crippen LogP contribution in [-0.2, 0) is 19.1 Å². The molecule has 6 heteroatoms. The van der Waals surface area contributed by atoms with Crippen molar-refractivity contribution in [3.8, 4) is 11.4 Å². The Morgan fingerprint density at radius 3 is 2.46 bits per heavy atom. The minimum absolute atomic E-state index is 0.448. The molecule has 28 heavy (non-hydrogen) atoms. The summed E-state index contributed by atoms with van der Waals surface area (Å²) in [6, 6.07) is 6.10. The largest absolute Gasteiger partial charge is 0.415 e. The molecule has 3 nitrogen and oxygen atoms in total. The molecule has 0 aliphatic carbocycles. The third-order valence-corrected chi connectivity index (χ3v) is 4.76. The van der Waals surface area contributed by atoms with Gasteiger partial charge in [-0.15, -0.1) is 0 Å². The van der Waals surface area contributed by atoms with Crippen molar-refractivity contribution in [2.24, 2.45) is 0 Å². The molecule has 2 heterocycles. The molecule has 0 radical (unpaired) electrons. The van der Waals surface area contributed by atoms with E-state index in [0.717, 1.165) is 44.2 Å². The molecule has 0 bridgehead atoms. The Morgan fingerprint density at radius 1 is 1.00 bits per heavy atom. The molecular weight excluding hydrogens is 363 g/mol. The lowest BCUT2D eigenvalue weighted by Gasteiger charge is -2.14. The molecule has 0 saturated carbocycles. The van der Waals surface area contributed by atoms with Gasteiger partial charge in [0.1, 0.15) is 0 Å². The lowest BCUT2D eigenvalue weighted by molar-refractivity contribution is -0.700. The summed E-state index contributed by atoms with van der Waals surface area (Å²) in [5.74, 6) is 0. The molecule has 0 fully saturated rings. The van der Waals surface area contributed by atoms with Gasteiger partial charge < -0.3 is 13.7 Å². The Kier molecular flexibility index (Phi) is 6.27. The van der Waals surface area contributed by atoms with Crippen molar-refractivity contribution in [1.82, 2.24) is 9.13 Å². The number of imidazole rings is 1. The highest BCUT2D eigenvalue weighted by Crippen LogP contribution is 2.32. The number of unbranched alkanes of at least 4 members (excludes halogenated alkanes) is 2. The molecule has 0 spiro atoms. The van der Waals surface area contributed by atoms with E-state index in [4.69, 9.17) is 0 Å². The topological polar surface area (TPSA) is 13.7 Å². The highest BCUT2D eigenvalue weighted by Gasteiger charge is 2.31. The normalized spacial score (nSPS) is 11.9. The molecular formula is C22H26F3N3. The SMILES string of the molecule is CCCCc1ccn(-c2cc(-n3[c-][n+](CCCC)cc3)cc(C(F)(F)F)c2)c1. The second kappa shape index (κ2) is 8.67. The van der Waals surface area contributed by atoms with Gasteiger partial charge in [-0.1, -0.05) is 26.7 Å². The number of halogens is 3. The fourth-order valence-corrected chi connectivity index (χ4v) is 3.13. The van der Waals surface area contributed by atoms with Crippen LogP contribution in [0, 0.1) is 6.33 Å². The summed E-state index contributed by atoms with van der Waals surface area (Å²) in [5.41, 5.74) is 1.41. The first-order chi connectivity index (χ1) is 13.4. The average molecular weight is 389 g/mol. The molecule has 0 aliphatic heterocycles. The van der Waals surface area contributed by atoms with Gasteiger partial charge in [-0.05, 0) is 49.1 Å². The number of alkyl halides is 3. The predicted molar refractivity (Wildman–Crippen MR) is 103 cm³/mol. The van der Waals surface area contributed by atoms with Crippen molar-refractivity contribution >= 4 is 0 Å². The van der Waals surface area contributed by atoms with Gasteiger partial charge in [0.25, 0.3) is 0 Å². The molecule has 2 aromatic heterocycles. The third kappa shape index (κ3) is 4.86.